The number of pyridine rings is 1. The number of hydrogen-bond acceptors (Lipinski definition) is 3. The first-order valence-corrected chi connectivity index (χ1v) is 7.23. The number of hydrogen-bond donors (Lipinski definition) is 2. The van der Waals surface area contributed by atoms with E-state index in [2.05, 4.69) is 28.6 Å². The molecule has 98 valence electrons. The molecule has 2 N–H and O–H groups in total. The maximum Gasteiger partial charge on any atom is 0.149 e. The van der Waals surface area contributed by atoms with E-state index in [0.29, 0.717) is 5.41 Å². The topological polar surface area (TPSA) is 37.0 Å². The van der Waals surface area contributed by atoms with Crippen LogP contribution in [-0.2, 0) is 0 Å². The van der Waals surface area contributed by atoms with Crippen LogP contribution >= 0.6 is 0 Å². The summed E-state index contributed by atoms with van der Waals surface area (Å²) in [6, 6.07) is 2.08. The van der Waals surface area contributed by atoms with Gasteiger partial charge in [0.2, 0.25) is 0 Å². The van der Waals surface area contributed by atoms with Crippen molar-refractivity contribution in [2.45, 2.75) is 45.4 Å². The summed E-state index contributed by atoms with van der Waals surface area (Å²) in [6.45, 7) is 4.32. The van der Waals surface area contributed by atoms with Crippen LogP contribution in [0.25, 0.3) is 0 Å². The van der Waals surface area contributed by atoms with E-state index >= 15 is 0 Å². The third kappa shape index (κ3) is 2.18. The number of aryl methyl sites for hydroxylation is 1. The Labute approximate surface area is 109 Å². The molecule has 3 rings (SSSR count). The summed E-state index contributed by atoms with van der Waals surface area (Å²) in [5.41, 5.74) is 2.93. The molecule has 1 saturated carbocycles. The fraction of sp³-hybridized carbons (Fsp3) is 0.667. The number of aromatic nitrogens is 1. The maximum absolute atomic E-state index is 4.47. The van der Waals surface area contributed by atoms with Crippen molar-refractivity contribution in [3.05, 3.63) is 17.8 Å². The van der Waals surface area contributed by atoms with Gasteiger partial charge in [-0.3, -0.25) is 0 Å². The van der Waals surface area contributed by atoms with Crippen molar-refractivity contribution >= 4 is 11.5 Å². The molecule has 2 heterocycles. The summed E-state index contributed by atoms with van der Waals surface area (Å²) >= 11 is 0. The minimum Gasteiger partial charge on any atom is -0.381 e. The summed E-state index contributed by atoms with van der Waals surface area (Å²) in [4.78, 5) is 4.47. The van der Waals surface area contributed by atoms with Crippen molar-refractivity contribution in [3.8, 4) is 0 Å². The number of anilines is 2. The lowest BCUT2D eigenvalue weighted by atomic mass is 9.80. The van der Waals surface area contributed by atoms with Crippen molar-refractivity contribution in [1.82, 2.24) is 4.98 Å². The molecule has 0 atom stereocenters. The molecule has 3 heteroatoms. The zero-order chi connectivity index (χ0) is 12.4. The molecule has 0 aromatic carbocycles. The van der Waals surface area contributed by atoms with Crippen molar-refractivity contribution in [1.29, 1.82) is 0 Å². The van der Waals surface area contributed by atoms with E-state index in [1.807, 2.05) is 6.20 Å². The average Bonchev–Trinajstić information content (AvgIpc) is 2.71. The molecule has 1 aromatic heterocycles. The molecular formula is C15H23N3. The van der Waals surface area contributed by atoms with Crippen LogP contribution in [0.5, 0.6) is 0 Å². The highest BCUT2D eigenvalue weighted by Gasteiger charge is 2.33. The SMILES string of the molecule is Cc1ccnc2c1NCC1(CCCCCC1)CN2. The second-order valence-electron chi connectivity index (χ2n) is 5.97. The summed E-state index contributed by atoms with van der Waals surface area (Å²) < 4.78 is 0. The van der Waals surface area contributed by atoms with E-state index in [0.717, 1.165) is 18.9 Å². The van der Waals surface area contributed by atoms with Gasteiger partial charge >= 0.3 is 0 Å². The van der Waals surface area contributed by atoms with Crippen LogP contribution in [0, 0.1) is 12.3 Å². The fourth-order valence-electron chi connectivity index (χ4n) is 3.36. The number of nitrogens with one attached hydrogen (secondary N) is 2. The third-order valence-electron chi connectivity index (χ3n) is 4.59. The quantitative estimate of drug-likeness (QED) is 0.733. The lowest BCUT2D eigenvalue weighted by Gasteiger charge is -2.31. The molecule has 1 fully saturated rings. The van der Waals surface area contributed by atoms with E-state index < -0.39 is 0 Å². The molecule has 0 bridgehead atoms. The first kappa shape index (κ1) is 11.8. The Hall–Kier alpha value is -1.25. The normalized spacial score (nSPS) is 22.3. The molecule has 0 saturated heterocycles. The Kier molecular flexibility index (Phi) is 3.14. The summed E-state index contributed by atoms with van der Waals surface area (Å²) in [5, 5.41) is 7.24. The highest BCUT2D eigenvalue weighted by Crippen LogP contribution is 2.38. The van der Waals surface area contributed by atoms with Gasteiger partial charge in [-0.25, -0.2) is 4.98 Å². The van der Waals surface area contributed by atoms with Crippen molar-refractivity contribution in [2.75, 3.05) is 23.7 Å². The van der Waals surface area contributed by atoms with E-state index in [4.69, 9.17) is 0 Å². The molecule has 1 aliphatic carbocycles. The van der Waals surface area contributed by atoms with Crippen LogP contribution < -0.4 is 10.6 Å². The Bertz CT molecular complexity index is 420. The lowest BCUT2D eigenvalue weighted by Crippen LogP contribution is -2.34. The largest absolute Gasteiger partial charge is 0.381 e. The molecule has 2 aliphatic rings. The van der Waals surface area contributed by atoms with Crippen molar-refractivity contribution in [3.63, 3.8) is 0 Å². The average molecular weight is 245 g/mol. The molecule has 3 nitrogen and oxygen atoms in total. The molecule has 0 unspecified atom stereocenters. The lowest BCUT2D eigenvalue weighted by molar-refractivity contribution is 0.286. The molecule has 0 radical (unpaired) electrons. The Balaban J connectivity index is 1.83. The minimum absolute atomic E-state index is 0.434. The Morgan fingerprint density at radius 3 is 2.56 bits per heavy atom. The molecule has 0 amide bonds. The summed E-state index contributed by atoms with van der Waals surface area (Å²) in [6.07, 6.45) is 10.2. The van der Waals surface area contributed by atoms with Gasteiger partial charge in [0.1, 0.15) is 5.82 Å². The van der Waals surface area contributed by atoms with E-state index in [1.165, 1.54) is 49.8 Å². The summed E-state index contributed by atoms with van der Waals surface area (Å²) in [5.74, 6) is 1.04. The maximum atomic E-state index is 4.47. The van der Waals surface area contributed by atoms with Crippen LogP contribution in [0.1, 0.15) is 44.1 Å². The molecule has 1 aromatic rings. The van der Waals surface area contributed by atoms with Crippen molar-refractivity contribution < 1.29 is 0 Å². The van der Waals surface area contributed by atoms with Crippen LogP contribution in [0.4, 0.5) is 11.5 Å². The van der Waals surface area contributed by atoms with Gasteiger partial charge in [-0.15, -0.1) is 0 Å². The predicted molar refractivity (Wildman–Crippen MR) is 76.1 cm³/mol. The van der Waals surface area contributed by atoms with Gasteiger partial charge in [-0.05, 0) is 31.4 Å². The van der Waals surface area contributed by atoms with Crippen LogP contribution in [0.3, 0.4) is 0 Å². The van der Waals surface area contributed by atoms with Crippen LogP contribution in [0.15, 0.2) is 12.3 Å². The molecule has 1 aliphatic heterocycles. The predicted octanol–water partition coefficient (Wildman–Crippen LogP) is 3.57. The van der Waals surface area contributed by atoms with Gasteiger partial charge in [0.25, 0.3) is 0 Å². The van der Waals surface area contributed by atoms with Gasteiger partial charge in [-0.2, -0.15) is 0 Å². The number of fused-ring (bicyclic) bond motifs is 1. The third-order valence-corrected chi connectivity index (χ3v) is 4.59. The molecule has 18 heavy (non-hydrogen) atoms. The fourth-order valence-corrected chi connectivity index (χ4v) is 3.36. The minimum atomic E-state index is 0.434. The molecule has 1 spiro atoms. The van der Waals surface area contributed by atoms with E-state index in [1.54, 1.807) is 0 Å². The van der Waals surface area contributed by atoms with Gasteiger partial charge in [0.15, 0.2) is 0 Å². The van der Waals surface area contributed by atoms with Gasteiger partial charge in [0, 0.05) is 24.7 Å². The second-order valence-corrected chi connectivity index (χ2v) is 5.97. The summed E-state index contributed by atoms with van der Waals surface area (Å²) in [7, 11) is 0. The first-order chi connectivity index (χ1) is 8.79. The van der Waals surface area contributed by atoms with Gasteiger partial charge in [-0.1, -0.05) is 25.7 Å². The Morgan fingerprint density at radius 1 is 1.06 bits per heavy atom. The smallest absolute Gasteiger partial charge is 0.149 e. The van der Waals surface area contributed by atoms with Gasteiger partial charge in [0.05, 0.1) is 5.69 Å². The van der Waals surface area contributed by atoms with E-state index in [9.17, 15) is 0 Å². The van der Waals surface area contributed by atoms with Crippen molar-refractivity contribution in [2.24, 2.45) is 5.41 Å². The standard InChI is InChI=1S/C15H23N3/c1-12-6-9-16-14-13(12)17-10-15(11-18-14)7-4-2-3-5-8-15/h6,9,17H,2-5,7-8,10-11H2,1H3,(H,16,18). The van der Waals surface area contributed by atoms with Crippen LogP contribution in [0.2, 0.25) is 0 Å². The number of rotatable bonds is 0. The monoisotopic (exact) mass is 245 g/mol. The van der Waals surface area contributed by atoms with E-state index in [-0.39, 0.29) is 0 Å². The highest BCUT2D eigenvalue weighted by molar-refractivity contribution is 5.69. The zero-order valence-corrected chi connectivity index (χ0v) is 11.3. The highest BCUT2D eigenvalue weighted by atomic mass is 15.1. The zero-order valence-electron chi connectivity index (χ0n) is 11.3. The number of nitrogens with zero attached hydrogens (tertiary/aromatic N) is 1. The molecular weight excluding hydrogens is 222 g/mol. The Morgan fingerprint density at radius 2 is 1.78 bits per heavy atom. The first-order valence-electron chi connectivity index (χ1n) is 7.23. The van der Waals surface area contributed by atoms with Crippen LogP contribution in [-0.4, -0.2) is 18.1 Å². The van der Waals surface area contributed by atoms with Gasteiger partial charge < -0.3 is 10.6 Å². The second kappa shape index (κ2) is 4.79.